The summed E-state index contributed by atoms with van der Waals surface area (Å²) in [7, 11) is -0.656. The van der Waals surface area contributed by atoms with Crippen LogP contribution in [-0.4, -0.2) is 52.3 Å². The van der Waals surface area contributed by atoms with E-state index in [1.54, 1.807) is 6.26 Å². The van der Waals surface area contributed by atoms with Gasteiger partial charge in [-0.15, -0.1) is 0 Å². The van der Waals surface area contributed by atoms with Crippen LogP contribution in [0.25, 0.3) is 0 Å². The van der Waals surface area contributed by atoms with Crippen molar-refractivity contribution < 1.29 is 4.21 Å². The van der Waals surface area contributed by atoms with E-state index >= 15 is 0 Å². The lowest BCUT2D eigenvalue weighted by molar-refractivity contribution is 0.255. The summed E-state index contributed by atoms with van der Waals surface area (Å²) < 4.78 is 10.9. The highest BCUT2D eigenvalue weighted by Crippen LogP contribution is 2.33. The van der Waals surface area contributed by atoms with Gasteiger partial charge in [-0.25, -0.2) is 0 Å². The van der Waals surface area contributed by atoms with Crippen molar-refractivity contribution in [2.24, 2.45) is 0 Å². The first-order valence-corrected chi connectivity index (χ1v) is 7.68. The maximum absolute atomic E-state index is 10.9. The van der Waals surface area contributed by atoms with E-state index in [0.29, 0.717) is 6.04 Å². The van der Waals surface area contributed by atoms with Crippen LogP contribution < -0.4 is 5.32 Å². The van der Waals surface area contributed by atoms with Crippen LogP contribution in [0.2, 0.25) is 0 Å². The van der Waals surface area contributed by atoms with E-state index in [-0.39, 0.29) is 0 Å². The molecule has 1 N–H and O–H groups in total. The molecule has 0 bridgehead atoms. The molecule has 2 aliphatic rings. The summed E-state index contributed by atoms with van der Waals surface area (Å²) in [5.41, 5.74) is 0. The summed E-state index contributed by atoms with van der Waals surface area (Å²) in [6, 6.07) is 2.25. The van der Waals surface area contributed by atoms with E-state index in [1.165, 1.54) is 25.8 Å². The van der Waals surface area contributed by atoms with Crippen molar-refractivity contribution in [2.45, 2.75) is 44.3 Å². The van der Waals surface area contributed by atoms with Gasteiger partial charge in [0, 0.05) is 54.0 Å². The predicted molar refractivity (Wildman–Crippen MR) is 64.5 cm³/mol. The second-order valence-corrected chi connectivity index (χ2v) is 6.50. The van der Waals surface area contributed by atoms with Gasteiger partial charge in [0.1, 0.15) is 0 Å². The van der Waals surface area contributed by atoms with Crippen LogP contribution in [0.1, 0.15) is 26.2 Å². The first kappa shape index (κ1) is 11.6. The molecule has 2 fully saturated rings. The molecule has 15 heavy (non-hydrogen) atoms. The molecule has 2 rings (SSSR count). The Labute approximate surface area is 95.1 Å². The lowest BCUT2D eigenvalue weighted by Gasteiger charge is -2.19. The van der Waals surface area contributed by atoms with Gasteiger partial charge in [0.15, 0.2) is 0 Å². The van der Waals surface area contributed by atoms with Gasteiger partial charge in [-0.05, 0) is 26.2 Å². The molecule has 1 aliphatic carbocycles. The summed E-state index contributed by atoms with van der Waals surface area (Å²) in [5, 5.41) is 3.52. The second kappa shape index (κ2) is 4.93. The zero-order valence-corrected chi connectivity index (χ0v) is 10.6. The fourth-order valence-electron chi connectivity index (χ4n) is 2.53. The SMILES string of the molecule is CC1CC(NCCS(C)=O)CN1C1CC1. The minimum Gasteiger partial charge on any atom is -0.312 e. The second-order valence-electron chi connectivity index (χ2n) is 4.94. The third-order valence-electron chi connectivity index (χ3n) is 3.46. The van der Waals surface area contributed by atoms with Crippen molar-refractivity contribution in [1.29, 1.82) is 0 Å². The summed E-state index contributed by atoms with van der Waals surface area (Å²) in [6.07, 6.45) is 5.83. The smallest absolute Gasteiger partial charge is 0.0357 e. The molecule has 3 atom stereocenters. The Morgan fingerprint density at radius 1 is 1.47 bits per heavy atom. The zero-order valence-electron chi connectivity index (χ0n) is 9.74. The average molecular weight is 230 g/mol. The molecule has 3 unspecified atom stereocenters. The topological polar surface area (TPSA) is 32.3 Å². The van der Waals surface area contributed by atoms with Crippen LogP contribution in [0.3, 0.4) is 0 Å². The van der Waals surface area contributed by atoms with Gasteiger partial charge in [-0.2, -0.15) is 0 Å². The summed E-state index contributed by atoms with van der Waals surface area (Å²) in [6.45, 7) is 4.43. The Hall–Kier alpha value is 0.0700. The van der Waals surface area contributed by atoms with E-state index < -0.39 is 10.8 Å². The largest absolute Gasteiger partial charge is 0.312 e. The maximum atomic E-state index is 10.9. The highest BCUT2D eigenvalue weighted by molar-refractivity contribution is 7.84. The van der Waals surface area contributed by atoms with Crippen molar-refractivity contribution in [2.75, 3.05) is 25.1 Å². The fraction of sp³-hybridized carbons (Fsp3) is 1.00. The van der Waals surface area contributed by atoms with E-state index in [4.69, 9.17) is 0 Å². The molecule has 88 valence electrons. The summed E-state index contributed by atoms with van der Waals surface area (Å²) >= 11 is 0. The third kappa shape index (κ3) is 3.26. The number of nitrogens with one attached hydrogen (secondary N) is 1. The first-order valence-electron chi connectivity index (χ1n) is 5.96. The number of likely N-dealkylation sites (tertiary alicyclic amines) is 1. The number of hydrogen-bond acceptors (Lipinski definition) is 3. The quantitative estimate of drug-likeness (QED) is 0.750. The number of hydrogen-bond donors (Lipinski definition) is 1. The van der Waals surface area contributed by atoms with Crippen molar-refractivity contribution in [3.05, 3.63) is 0 Å². The van der Waals surface area contributed by atoms with Gasteiger partial charge in [-0.3, -0.25) is 9.11 Å². The normalized spacial score (nSPS) is 34.5. The maximum Gasteiger partial charge on any atom is 0.0357 e. The zero-order chi connectivity index (χ0) is 10.8. The molecule has 0 aromatic carbocycles. The third-order valence-corrected chi connectivity index (χ3v) is 4.24. The van der Waals surface area contributed by atoms with Gasteiger partial charge < -0.3 is 5.32 Å². The Morgan fingerprint density at radius 2 is 2.20 bits per heavy atom. The Bertz CT molecular complexity index is 243. The molecule has 1 saturated heterocycles. The Morgan fingerprint density at radius 3 is 2.80 bits per heavy atom. The molecule has 1 saturated carbocycles. The van der Waals surface area contributed by atoms with Gasteiger partial charge in [0.25, 0.3) is 0 Å². The highest BCUT2D eigenvalue weighted by atomic mass is 32.2. The Kier molecular flexibility index (Phi) is 3.80. The lowest BCUT2D eigenvalue weighted by atomic mass is 10.2. The van der Waals surface area contributed by atoms with Crippen molar-refractivity contribution in [3.63, 3.8) is 0 Å². The van der Waals surface area contributed by atoms with Crippen molar-refractivity contribution in [3.8, 4) is 0 Å². The molecule has 0 amide bonds. The van der Waals surface area contributed by atoms with E-state index in [2.05, 4.69) is 17.1 Å². The molecule has 0 aromatic heterocycles. The van der Waals surface area contributed by atoms with Crippen molar-refractivity contribution in [1.82, 2.24) is 10.2 Å². The standard InChI is InChI=1S/C11H22N2OS/c1-9-7-10(12-5-6-15(2)14)8-13(9)11-3-4-11/h9-12H,3-8H2,1-2H3. The van der Waals surface area contributed by atoms with E-state index in [1.807, 2.05) is 0 Å². The molecule has 0 aromatic rings. The van der Waals surface area contributed by atoms with Crippen LogP contribution in [0.4, 0.5) is 0 Å². The molecular weight excluding hydrogens is 208 g/mol. The lowest BCUT2D eigenvalue weighted by Crippen LogP contribution is -2.35. The monoisotopic (exact) mass is 230 g/mol. The Balaban J connectivity index is 1.69. The summed E-state index contributed by atoms with van der Waals surface area (Å²) in [4.78, 5) is 2.64. The van der Waals surface area contributed by atoms with Crippen LogP contribution >= 0.6 is 0 Å². The van der Waals surface area contributed by atoms with Crippen LogP contribution in [0.5, 0.6) is 0 Å². The fourth-order valence-corrected chi connectivity index (χ4v) is 2.93. The van der Waals surface area contributed by atoms with Crippen molar-refractivity contribution >= 4 is 10.8 Å². The minimum absolute atomic E-state index is 0.629. The molecule has 1 aliphatic heterocycles. The van der Waals surface area contributed by atoms with Gasteiger partial charge in [-0.1, -0.05) is 0 Å². The van der Waals surface area contributed by atoms with E-state index in [9.17, 15) is 4.21 Å². The molecule has 3 nitrogen and oxygen atoms in total. The number of rotatable bonds is 5. The molecule has 1 heterocycles. The van der Waals surface area contributed by atoms with Crippen LogP contribution in [0, 0.1) is 0 Å². The molecular formula is C11H22N2OS. The first-order chi connectivity index (χ1) is 7.16. The average Bonchev–Trinajstić information content (AvgIpc) is 2.91. The molecule has 4 heteroatoms. The predicted octanol–water partition coefficient (Wildman–Crippen LogP) is 0.580. The highest BCUT2D eigenvalue weighted by Gasteiger charge is 2.38. The van der Waals surface area contributed by atoms with Gasteiger partial charge in [0.2, 0.25) is 0 Å². The molecule has 0 spiro atoms. The minimum atomic E-state index is -0.656. The van der Waals surface area contributed by atoms with Gasteiger partial charge in [0.05, 0.1) is 0 Å². The van der Waals surface area contributed by atoms with E-state index in [0.717, 1.165) is 24.4 Å². The summed E-state index contributed by atoms with van der Waals surface area (Å²) in [5.74, 6) is 0.786. The van der Waals surface area contributed by atoms with Crippen LogP contribution in [0.15, 0.2) is 0 Å². The van der Waals surface area contributed by atoms with Gasteiger partial charge >= 0.3 is 0 Å². The molecule has 0 radical (unpaired) electrons. The van der Waals surface area contributed by atoms with Crippen LogP contribution in [-0.2, 0) is 10.8 Å². The number of nitrogens with zero attached hydrogens (tertiary/aromatic N) is 1.